The molecule has 0 saturated carbocycles. The number of carbonyl (C=O) groups is 1. The minimum atomic E-state index is -1.03. The summed E-state index contributed by atoms with van der Waals surface area (Å²) in [6.45, 7) is 0. The van der Waals surface area contributed by atoms with Crippen LogP contribution in [0.4, 0.5) is 0 Å². The first-order valence-corrected chi connectivity index (χ1v) is 6.35. The molecule has 0 amide bonds. The van der Waals surface area contributed by atoms with Crippen molar-refractivity contribution in [2.24, 2.45) is 0 Å². The van der Waals surface area contributed by atoms with Crippen LogP contribution in [-0.4, -0.2) is 17.8 Å². The highest BCUT2D eigenvalue weighted by Gasteiger charge is 2.26. The molecule has 1 aliphatic rings. The zero-order chi connectivity index (χ0) is 10.8. The van der Waals surface area contributed by atoms with Crippen molar-refractivity contribution in [3.8, 4) is 0 Å². The molecule has 2 unspecified atom stereocenters. The summed E-state index contributed by atoms with van der Waals surface area (Å²) in [6.07, 6.45) is 0. The molecular weight excluding hydrogens is 278 g/mol. The van der Waals surface area contributed by atoms with Crippen LogP contribution in [0.15, 0.2) is 28.7 Å². The number of rotatable bonds is 2. The molecular formula is C10H9BrNO2S-. The topological polar surface area (TPSA) is 52.2 Å². The summed E-state index contributed by atoms with van der Waals surface area (Å²) in [7, 11) is 0. The lowest BCUT2D eigenvalue weighted by molar-refractivity contribution is -0.307. The summed E-state index contributed by atoms with van der Waals surface area (Å²) in [5.74, 6) is -0.473. The fourth-order valence-corrected chi connectivity index (χ4v) is 3.10. The van der Waals surface area contributed by atoms with Gasteiger partial charge in [0.05, 0.1) is 17.4 Å². The first-order valence-electron chi connectivity index (χ1n) is 4.51. The Hall–Kier alpha value is -0.520. The van der Waals surface area contributed by atoms with E-state index in [1.165, 1.54) is 0 Å². The van der Waals surface area contributed by atoms with Gasteiger partial charge in [-0.3, -0.25) is 5.32 Å². The van der Waals surface area contributed by atoms with Gasteiger partial charge in [0.1, 0.15) is 0 Å². The number of carboxylic acid groups (broad SMARTS) is 1. The van der Waals surface area contributed by atoms with E-state index in [0.29, 0.717) is 5.75 Å². The largest absolute Gasteiger partial charge is 0.548 e. The number of carbonyl (C=O) groups excluding carboxylic acids is 1. The van der Waals surface area contributed by atoms with E-state index < -0.39 is 12.0 Å². The van der Waals surface area contributed by atoms with Crippen LogP contribution in [0.2, 0.25) is 0 Å². The van der Waals surface area contributed by atoms with Crippen molar-refractivity contribution in [1.82, 2.24) is 5.32 Å². The molecule has 80 valence electrons. The molecule has 2 atom stereocenters. The first-order chi connectivity index (χ1) is 7.16. The second-order valence-electron chi connectivity index (χ2n) is 3.31. The SMILES string of the molecule is O=C([O-])C1CSC(c2cccc(Br)c2)N1. The van der Waals surface area contributed by atoms with Crippen molar-refractivity contribution < 1.29 is 9.90 Å². The van der Waals surface area contributed by atoms with Crippen molar-refractivity contribution in [3.05, 3.63) is 34.3 Å². The molecule has 0 spiro atoms. The molecule has 1 fully saturated rings. The van der Waals surface area contributed by atoms with Crippen LogP contribution in [0.5, 0.6) is 0 Å². The Balaban J connectivity index is 2.11. The van der Waals surface area contributed by atoms with Gasteiger partial charge in [-0.05, 0) is 17.7 Å². The lowest BCUT2D eigenvalue weighted by atomic mass is 10.2. The summed E-state index contributed by atoms with van der Waals surface area (Å²) in [5.41, 5.74) is 1.08. The van der Waals surface area contributed by atoms with E-state index in [-0.39, 0.29) is 5.37 Å². The molecule has 5 heteroatoms. The fourth-order valence-electron chi connectivity index (χ4n) is 1.47. The third-order valence-corrected chi connectivity index (χ3v) is 3.98. The maximum atomic E-state index is 10.6. The molecule has 3 nitrogen and oxygen atoms in total. The van der Waals surface area contributed by atoms with Gasteiger partial charge in [-0.1, -0.05) is 28.1 Å². The van der Waals surface area contributed by atoms with Crippen LogP contribution >= 0.6 is 27.7 Å². The summed E-state index contributed by atoms with van der Waals surface area (Å²) in [5, 5.41) is 13.7. The monoisotopic (exact) mass is 286 g/mol. The highest BCUT2D eigenvalue weighted by Crippen LogP contribution is 2.33. The zero-order valence-corrected chi connectivity index (χ0v) is 10.2. The molecule has 15 heavy (non-hydrogen) atoms. The maximum absolute atomic E-state index is 10.6. The van der Waals surface area contributed by atoms with Gasteiger partial charge in [0.15, 0.2) is 0 Å². The molecule has 0 aliphatic carbocycles. The van der Waals surface area contributed by atoms with Crippen LogP contribution in [0.3, 0.4) is 0 Å². The number of thioether (sulfide) groups is 1. The van der Waals surface area contributed by atoms with Crippen molar-refractivity contribution >= 4 is 33.7 Å². The molecule has 0 bridgehead atoms. The van der Waals surface area contributed by atoms with E-state index in [2.05, 4.69) is 21.2 Å². The van der Waals surface area contributed by atoms with Gasteiger partial charge in [0, 0.05) is 10.2 Å². The van der Waals surface area contributed by atoms with Gasteiger partial charge in [0.2, 0.25) is 0 Å². The lowest BCUT2D eigenvalue weighted by Gasteiger charge is -2.14. The number of carboxylic acids is 1. The van der Waals surface area contributed by atoms with Gasteiger partial charge in [-0.25, -0.2) is 0 Å². The number of halogens is 1. The average molecular weight is 287 g/mol. The third kappa shape index (κ3) is 2.53. The number of hydrogen-bond donors (Lipinski definition) is 1. The Kier molecular flexibility index (Phi) is 3.33. The zero-order valence-electron chi connectivity index (χ0n) is 7.77. The van der Waals surface area contributed by atoms with Crippen molar-refractivity contribution in [2.75, 3.05) is 5.75 Å². The van der Waals surface area contributed by atoms with Crippen LogP contribution in [0, 0.1) is 0 Å². The quantitative estimate of drug-likeness (QED) is 0.878. The summed E-state index contributed by atoms with van der Waals surface area (Å²) < 4.78 is 0.999. The van der Waals surface area contributed by atoms with E-state index in [0.717, 1.165) is 10.0 Å². The Morgan fingerprint density at radius 2 is 2.40 bits per heavy atom. The predicted octanol–water partition coefficient (Wildman–Crippen LogP) is 0.903. The van der Waals surface area contributed by atoms with Crippen molar-refractivity contribution in [1.29, 1.82) is 0 Å². The molecule has 0 radical (unpaired) electrons. The normalized spacial score (nSPS) is 25.4. The highest BCUT2D eigenvalue weighted by atomic mass is 79.9. The van der Waals surface area contributed by atoms with Gasteiger partial charge >= 0.3 is 0 Å². The molecule has 1 heterocycles. The molecule has 1 saturated heterocycles. The van der Waals surface area contributed by atoms with Gasteiger partial charge in [0.25, 0.3) is 0 Å². The fraction of sp³-hybridized carbons (Fsp3) is 0.300. The van der Waals surface area contributed by atoms with Gasteiger partial charge in [-0.2, -0.15) is 0 Å². The second-order valence-corrected chi connectivity index (χ2v) is 5.36. The molecule has 1 aromatic rings. The Morgan fingerprint density at radius 3 is 3.00 bits per heavy atom. The van der Waals surface area contributed by atoms with E-state index in [1.807, 2.05) is 24.3 Å². The number of benzene rings is 1. The van der Waals surface area contributed by atoms with Crippen LogP contribution in [0.25, 0.3) is 0 Å². The summed E-state index contributed by atoms with van der Waals surface area (Å²) >= 11 is 4.98. The standard InChI is InChI=1S/C10H10BrNO2S/c11-7-3-1-2-6(4-7)9-12-8(5-15-9)10(13)14/h1-4,8-9,12H,5H2,(H,13,14)/p-1. The van der Waals surface area contributed by atoms with E-state index >= 15 is 0 Å². The maximum Gasteiger partial charge on any atom is 0.0795 e. The molecule has 0 aromatic heterocycles. The van der Waals surface area contributed by atoms with Crippen molar-refractivity contribution in [2.45, 2.75) is 11.4 Å². The number of aliphatic carboxylic acids is 1. The van der Waals surface area contributed by atoms with E-state index in [4.69, 9.17) is 0 Å². The van der Waals surface area contributed by atoms with Crippen LogP contribution in [-0.2, 0) is 4.79 Å². The van der Waals surface area contributed by atoms with E-state index in [9.17, 15) is 9.90 Å². The van der Waals surface area contributed by atoms with Crippen LogP contribution in [0.1, 0.15) is 10.9 Å². The van der Waals surface area contributed by atoms with Gasteiger partial charge in [-0.15, -0.1) is 11.8 Å². The Labute approximate surface area is 100 Å². The highest BCUT2D eigenvalue weighted by molar-refractivity contribution is 9.10. The lowest BCUT2D eigenvalue weighted by Crippen LogP contribution is -2.43. The third-order valence-electron chi connectivity index (χ3n) is 2.22. The Morgan fingerprint density at radius 1 is 1.60 bits per heavy atom. The number of nitrogens with one attached hydrogen (secondary N) is 1. The average Bonchev–Trinajstić information content (AvgIpc) is 2.66. The summed E-state index contributed by atoms with van der Waals surface area (Å²) in [4.78, 5) is 10.6. The predicted molar refractivity (Wildman–Crippen MR) is 61.3 cm³/mol. The summed E-state index contributed by atoms with van der Waals surface area (Å²) in [6, 6.07) is 7.31. The first kappa shape index (κ1) is 11.0. The van der Waals surface area contributed by atoms with Crippen molar-refractivity contribution in [3.63, 3.8) is 0 Å². The second kappa shape index (κ2) is 4.55. The molecule has 1 N–H and O–H groups in total. The van der Waals surface area contributed by atoms with Gasteiger partial charge < -0.3 is 9.90 Å². The van der Waals surface area contributed by atoms with Crippen LogP contribution < -0.4 is 10.4 Å². The van der Waals surface area contributed by atoms with E-state index in [1.54, 1.807) is 11.8 Å². The molecule has 1 aliphatic heterocycles. The minimum Gasteiger partial charge on any atom is -0.548 e. The number of hydrogen-bond acceptors (Lipinski definition) is 4. The molecule has 2 rings (SSSR count). The smallest absolute Gasteiger partial charge is 0.0795 e. The Bertz CT molecular complexity index is 385. The minimum absolute atomic E-state index is 0.0467. The molecule has 1 aromatic carbocycles.